The van der Waals surface area contributed by atoms with E-state index in [0.29, 0.717) is 10.6 Å². The van der Waals surface area contributed by atoms with Gasteiger partial charge in [0, 0.05) is 30.4 Å². The van der Waals surface area contributed by atoms with Gasteiger partial charge in [-0.2, -0.15) is 0 Å². The first kappa shape index (κ1) is 14.3. The lowest BCUT2D eigenvalue weighted by Crippen LogP contribution is -2.15. The Bertz CT molecular complexity index is 644. The molecule has 0 aliphatic carbocycles. The Kier molecular flexibility index (Phi) is 4.25. The second-order valence-electron chi connectivity index (χ2n) is 4.52. The Labute approximate surface area is 122 Å². The summed E-state index contributed by atoms with van der Waals surface area (Å²) in [7, 11) is 3.77. The average Bonchev–Trinajstić information content (AvgIpc) is 2.43. The molecule has 0 radical (unpaired) electrons. The lowest BCUT2D eigenvalue weighted by atomic mass is 10.1. The van der Waals surface area contributed by atoms with Gasteiger partial charge in [0.2, 0.25) is 0 Å². The van der Waals surface area contributed by atoms with Gasteiger partial charge in [-0.1, -0.05) is 17.7 Å². The van der Waals surface area contributed by atoms with Crippen LogP contribution < -0.4 is 10.2 Å². The summed E-state index contributed by atoms with van der Waals surface area (Å²) in [6.07, 6.45) is 0. The first-order valence-corrected chi connectivity index (χ1v) is 6.39. The number of benzene rings is 2. The number of amides is 1. The summed E-state index contributed by atoms with van der Waals surface area (Å²) in [4.78, 5) is 14.0. The van der Waals surface area contributed by atoms with Gasteiger partial charge in [0.05, 0.1) is 5.69 Å². The molecular weight excluding hydrogens is 279 g/mol. The highest BCUT2D eigenvalue weighted by atomic mass is 35.5. The predicted molar refractivity (Wildman–Crippen MR) is 80.1 cm³/mol. The van der Waals surface area contributed by atoms with E-state index in [9.17, 15) is 9.18 Å². The number of hydrogen-bond acceptors (Lipinski definition) is 2. The summed E-state index contributed by atoms with van der Waals surface area (Å²) < 4.78 is 13.6. The van der Waals surface area contributed by atoms with Crippen LogP contribution in [-0.4, -0.2) is 20.0 Å². The Morgan fingerprint density at radius 2 is 1.95 bits per heavy atom. The van der Waals surface area contributed by atoms with E-state index in [1.807, 2.05) is 25.1 Å². The first-order chi connectivity index (χ1) is 9.47. The Morgan fingerprint density at radius 3 is 2.65 bits per heavy atom. The van der Waals surface area contributed by atoms with Gasteiger partial charge >= 0.3 is 0 Å². The zero-order chi connectivity index (χ0) is 14.7. The zero-order valence-corrected chi connectivity index (χ0v) is 11.9. The highest BCUT2D eigenvalue weighted by molar-refractivity contribution is 6.31. The van der Waals surface area contributed by atoms with Crippen molar-refractivity contribution in [3.63, 3.8) is 0 Å². The van der Waals surface area contributed by atoms with E-state index >= 15 is 0 Å². The van der Waals surface area contributed by atoms with Crippen molar-refractivity contribution < 1.29 is 9.18 Å². The summed E-state index contributed by atoms with van der Waals surface area (Å²) in [6, 6.07) is 11.1. The van der Waals surface area contributed by atoms with E-state index in [-0.39, 0.29) is 11.6 Å². The maximum Gasteiger partial charge on any atom is 0.255 e. The zero-order valence-electron chi connectivity index (χ0n) is 11.2. The molecule has 20 heavy (non-hydrogen) atoms. The predicted octanol–water partition coefficient (Wildman–Crippen LogP) is 3.80. The summed E-state index contributed by atoms with van der Waals surface area (Å²) in [6.45, 7) is 0. The van der Waals surface area contributed by atoms with Gasteiger partial charge in [0.1, 0.15) is 5.82 Å². The van der Waals surface area contributed by atoms with Crippen LogP contribution in [0.2, 0.25) is 5.02 Å². The summed E-state index contributed by atoms with van der Waals surface area (Å²) in [5.41, 5.74) is 1.41. The van der Waals surface area contributed by atoms with Crippen LogP contribution in [0.4, 0.5) is 15.8 Å². The van der Waals surface area contributed by atoms with Crippen LogP contribution in [0.15, 0.2) is 42.5 Å². The van der Waals surface area contributed by atoms with Crippen molar-refractivity contribution >= 4 is 28.9 Å². The topological polar surface area (TPSA) is 32.3 Å². The molecule has 0 aliphatic rings. The minimum atomic E-state index is -0.522. The molecular formula is C15H14ClFN2O. The van der Waals surface area contributed by atoms with Crippen molar-refractivity contribution in [3.8, 4) is 0 Å². The van der Waals surface area contributed by atoms with Crippen molar-refractivity contribution in [2.24, 2.45) is 0 Å². The second kappa shape index (κ2) is 5.92. The molecule has 0 aliphatic heterocycles. The molecule has 0 heterocycles. The van der Waals surface area contributed by atoms with Crippen molar-refractivity contribution in [2.45, 2.75) is 0 Å². The van der Waals surface area contributed by atoms with Crippen molar-refractivity contribution in [3.05, 3.63) is 58.9 Å². The van der Waals surface area contributed by atoms with Crippen LogP contribution in [0.1, 0.15) is 10.4 Å². The minimum Gasteiger partial charge on any atom is -0.378 e. The fourth-order valence-corrected chi connectivity index (χ4v) is 1.89. The van der Waals surface area contributed by atoms with E-state index < -0.39 is 5.82 Å². The van der Waals surface area contributed by atoms with Crippen molar-refractivity contribution in [1.29, 1.82) is 0 Å². The highest BCUT2D eigenvalue weighted by Crippen LogP contribution is 2.21. The fraction of sp³-hybridized carbons (Fsp3) is 0.133. The minimum absolute atomic E-state index is 0.0674. The van der Waals surface area contributed by atoms with E-state index in [1.54, 1.807) is 18.2 Å². The molecule has 104 valence electrons. The molecule has 1 N–H and O–H groups in total. The van der Waals surface area contributed by atoms with Crippen LogP contribution in [0.5, 0.6) is 0 Å². The maximum absolute atomic E-state index is 13.6. The number of halogens is 2. The Morgan fingerprint density at radius 1 is 1.20 bits per heavy atom. The number of carbonyl (C=O) groups excluding carboxylic acids is 1. The summed E-state index contributed by atoms with van der Waals surface area (Å²) in [5.74, 6) is -0.901. The van der Waals surface area contributed by atoms with Gasteiger partial charge < -0.3 is 10.2 Å². The molecule has 2 aromatic rings. The van der Waals surface area contributed by atoms with E-state index in [1.165, 1.54) is 18.2 Å². The number of carbonyl (C=O) groups is 1. The average molecular weight is 293 g/mol. The normalized spacial score (nSPS) is 10.2. The van der Waals surface area contributed by atoms with Crippen LogP contribution in [0.25, 0.3) is 0 Å². The Balaban J connectivity index is 2.24. The molecule has 2 aromatic carbocycles. The lowest BCUT2D eigenvalue weighted by Gasteiger charge is -2.13. The van der Waals surface area contributed by atoms with Gasteiger partial charge in [0.15, 0.2) is 0 Å². The number of anilines is 2. The van der Waals surface area contributed by atoms with Crippen LogP contribution in [0.3, 0.4) is 0 Å². The molecule has 3 nitrogen and oxygen atoms in total. The van der Waals surface area contributed by atoms with Gasteiger partial charge in [-0.3, -0.25) is 4.79 Å². The largest absolute Gasteiger partial charge is 0.378 e. The molecule has 0 saturated carbocycles. The quantitative estimate of drug-likeness (QED) is 0.933. The van der Waals surface area contributed by atoms with Gasteiger partial charge in [-0.05, 0) is 36.4 Å². The van der Waals surface area contributed by atoms with Crippen molar-refractivity contribution in [2.75, 3.05) is 24.3 Å². The molecule has 5 heteroatoms. The molecule has 0 spiro atoms. The third-order valence-electron chi connectivity index (χ3n) is 2.80. The third kappa shape index (κ3) is 3.27. The first-order valence-electron chi connectivity index (χ1n) is 6.01. The molecule has 0 atom stereocenters. The summed E-state index contributed by atoms with van der Waals surface area (Å²) in [5, 5.41) is 2.88. The van der Waals surface area contributed by atoms with Gasteiger partial charge in [0.25, 0.3) is 5.91 Å². The smallest absolute Gasteiger partial charge is 0.255 e. The summed E-state index contributed by atoms with van der Waals surface area (Å²) >= 11 is 5.79. The molecule has 1 amide bonds. The molecule has 0 fully saturated rings. The molecule has 2 rings (SSSR count). The molecule has 0 unspecified atom stereocenters. The monoisotopic (exact) mass is 292 g/mol. The second-order valence-corrected chi connectivity index (χ2v) is 4.96. The number of rotatable bonds is 3. The lowest BCUT2D eigenvalue weighted by molar-refractivity contribution is 0.102. The van der Waals surface area contributed by atoms with Gasteiger partial charge in [-0.25, -0.2) is 4.39 Å². The molecule has 0 aromatic heterocycles. The van der Waals surface area contributed by atoms with E-state index in [0.717, 1.165) is 5.69 Å². The number of nitrogens with zero attached hydrogens (tertiary/aromatic N) is 1. The van der Waals surface area contributed by atoms with Crippen molar-refractivity contribution in [1.82, 2.24) is 0 Å². The van der Waals surface area contributed by atoms with Crippen LogP contribution in [0, 0.1) is 5.82 Å². The standard InChI is InChI=1S/C15H14ClFN2O/c1-19(2)12-5-3-4-10(8-12)15(20)18-14-9-11(16)6-7-13(14)17/h3-9H,1-2H3,(H,18,20). The SMILES string of the molecule is CN(C)c1cccc(C(=O)Nc2cc(Cl)ccc2F)c1. The third-order valence-corrected chi connectivity index (χ3v) is 3.04. The maximum atomic E-state index is 13.6. The molecule has 0 saturated heterocycles. The number of nitrogens with one attached hydrogen (secondary N) is 1. The van der Waals surface area contributed by atoms with Crippen LogP contribution in [-0.2, 0) is 0 Å². The highest BCUT2D eigenvalue weighted by Gasteiger charge is 2.10. The fourth-order valence-electron chi connectivity index (χ4n) is 1.71. The van der Waals surface area contributed by atoms with Gasteiger partial charge in [-0.15, -0.1) is 0 Å². The van der Waals surface area contributed by atoms with Crippen LogP contribution >= 0.6 is 11.6 Å². The number of hydrogen-bond donors (Lipinski definition) is 1. The molecule has 0 bridgehead atoms. The Hall–Kier alpha value is -2.07. The van der Waals surface area contributed by atoms with E-state index in [2.05, 4.69) is 5.32 Å². The van der Waals surface area contributed by atoms with E-state index in [4.69, 9.17) is 11.6 Å².